The van der Waals surface area contributed by atoms with Gasteiger partial charge in [-0.15, -0.1) is 0 Å². The normalized spacial score (nSPS) is 26.4. The van der Waals surface area contributed by atoms with Crippen molar-refractivity contribution < 1.29 is 42.1 Å². The Morgan fingerprint density at radius 3 is 2.43 bits per heavy atom. The minimum Gasteiger partial charge on any atom is -0.458 e. The van der Waals surface area contributed by atoms with Gasteiger partial charge in [-0.25, -0.2) is 19.7 Å². The number of rotatable bonds is 8. The highest BCUT2D eigenvalue weighted by Crippen LogP contribution is 2.53. The third-order valence-corrected chi connectivity index (χ3v) is 7.88. The van der Waals surface area contributed by atoms with Gasteiger partial charge in [-0.3, -0.25) is 9.13 Å². The van der Waals surface area contributed by atoms with Crippen molar-refractivity contribution in [2.75, 3.05) is 20.8 Å². The van der Waals surface area contributed by atoms with Gasteiger partial charge in [0.1, 0.15) is 35.3 Å². The molecule has 4 heterocycles. The van der Waals surface area contributed by atoms with E-state index in [9.17, 15) is 9.36 Å². The lowest BCUT2D eigenvalue weighted by Gasteiger charge is -2.29. The first-order valence-corrected chi connectivity index (χ1v) is 13.5. The molecule has 13 nitrogen and oxygen atoms in total. The van der Waals surface area contributed by atoms with Crippen molar-refractivity contribution in [1.29, 1.82) is 0 Å². The second-order valence-electron chi connectivity index (χ2n) is 10.4. The van der Waals surface area contributed by atoms with Crippen molar-refractivity contribution in [1.82, 2.24) is 19.5 Å². The van der Waals surface area contributed by atoms with Crippen molar-refractivity contribution in [3.63, 3.8) is 0 Å². The van der Waals surface area contributed by atoms with Gasteiger partial charge >= 0.3 is 13.6 Å². The molecule has 0 bridgehead atoms. The number of fused-ring (bicyclic) bond motifs is 2. The summed E-state index contributed by atoms with van der Waals surface area (Å²) < 4.78 is 55.0. The molecule has 0 radical (unpaired) electrons. The highest BCUT2D eigenvalue weighted by molar-refractivity contribution is 7.55. The Labute approximate surface area is 215 Å². The SMILES string of the molecule is COP(=O)(OC)C(OC[C@H]1O[C@@H](n2cnc3c(C)nc(C)nc32)[C@@H]2OC(C)(C)O[C@@H]21)C(=O)OC(C)(C)C. The number of nitrogens with zero attached hydrogens (tertiary/aromatic N) is 4. The van der Waals surface area contributed by atoms with Gasteiger partial charge in [-0.2, -0.15) is 0 Å². The van der Waals surface area contributed by atoms with E-state index < -0.39 is 55.3 Å². The first-order chi connectivity index (χ1) is 17.2. The van der Waals surface area contributed by atoms with Crippen LogP contribution in [0.2, 0.25) is 0 Å². The monoisotopic (exact) mass is 542 g/mol. The van der Waals surface area contributed by atoms with E-state index >= 15 is 0 Å². The maximum atomic E-state index is 13.2. The van der Waals surface area contributed by atoms with Crippen molar-refractivity contribution in [2.24, 2.45) is 0 Å². The van der Waals surface area contributed by atoms with E-state index in [1.165, 1.54) is 14.2 Å². The average Bonchev–Trinajstić information content (AvgIpc) is 3.43. The molecule has 2 fully saturated rings. The number of carbonyl (C=O) groups is 1. The Morgan fingerprint density at radius 1 is 1.16 bits per heavy atom. The predicted octanol–water partition coefficient (Wildman–Crippen LogP) is 3.03. The van der Waals surface area contributed by atoms with Gasteiger partial charge in [0.05, 0.1) is 18.6 Å². The molecule has 0 aromatic carbocycles. The van der Waals surface area contributed by atoms with Gasteiger partial charge in [0.15, 0.2) is 17.7 Å². The van der Waals surface area contributed by atoms with Crippen LogP contribution in [-0.2, 0) is 42.1 Å². The molecule has 2 aliphatic rings. The number of aromatic nitrogens is 4. The second kappa shape index (κ2) is 9.96. The lowest BCUT2D eigenvalue weighted by atomic mass is 10.1. The lowest BCUT2D eigenvalue weighted by molar-refractivity contribution is -0.204. The maximum absolute atomic E-state index is 13.2. The van der Waals surface area contributed by atoms with Crippen LogP contribution in [0.4, 0.5) is 0 Å². The molecule has 4 rings (SSSR count). The number of imidazole rings is 1. The Hall–Kier alpha value is -1.99. The zero-order valence-corrected chi connectivity index (χ0v) is 23.5. The summed E-state index contributed by atoms with van der Waals surface area (Å²) in [5.41, 5.74) is 1.14. The van der Waals surface area contributed by atoms with E-state index in [1.807, 2.05) is 6.92 Å². The van der Waals surface area contributed by atoms with Crippen molar-refractivity contribution in [3.05, 3.63) is 17.8 Å². The number of hydrogen-bond acceptors (Lipinski definition) is 12. The first kappa shape index (κ1) is 28.0. The van der Waals surface area contributed by atoms with Crippen LogP contribution in [-0.4, -0.2) is 81.9 Å². The predicted molar refractivity (Wildman–Crippen MR) is 130 cm³/mol. The van der Waals surface area contributed by atoms with Crippen molar-refractivity contribution >= 4 is 24.7 Å². The summed E-state index contributed by atoms with van der Waals surface area (Å²) in [6.07, 6.45) is -0.835. The van der Waals surface area contributed by atoms with Crippen molar-refractivity contribution in [3.8, 4) is 0 Å². The van der Waals surface area contributed by atoms with Crippen LogP contribution in [0.1, 0.15) is 52.4 Å². The molecule has 14 heteroatoms. The topological polar surface area (TPSA) is 142 Å². The third kappa shape index (κ3) is 5.58. The Bertz CT molecular complexity index is 1200. The zero-order valence-electron chi connectivity index (χ0n) is 22.6. The molecule has 5 atom stereocenters. The van der Waals surface area contributed by atoms with Gasteiger partial charge < -0.3 is 32.7 Å². The van der Waals surface area contributed by atoms with Gasteiger partial charge in [-0.05, 0) is 48.5 Å². The molecule has 1 unspecified atom stereocenters. The standard InChI is InChI=1S/C23H35N4O9P/c1-12-15-18(26-13(2)25-12)27(11-24-15)19-17-16(34-23(6,7)35-17)14(33-19)10-32-21(37(29,30-8)31-9)20(28)36-22(3,4)5/h11,14,16-17,19,21H,10H2,1-9H3/t14-,16-,17-,19-,21?/m1/s1. The van der Waals surface area contributed by atoms with E-state index in [2.05, 4.69) is 15.0 Å². The molecular weight excluding hydrogens is 507 g/mol. The summed E-state index contributed by atoms with van der Waals surface area (Å²) in [6, 6.07) is 0. The van der Waals surface area contributed by atoms with Gasteiger partial charge in [0, 0.05) is 14.2 Å². The van der Waals surface area contributed by atoms with E-state index in [4.69, 9.17) is 32.7 Å². The van der Waals surface area contributed by atoms with E-state index in [0.717, 1.165) is 5.69 Å². The minimum absolute atomic E-state index is 0.183. The molecule has 2 saturated heterocycles. The van der Waals surface area contributed by atoms with Crippen LogP contribution in [0.3, 0.4) is 0 Å². The maximum Gasteiger partial charge on any atom is 0.370 e. The largest absolute Gasteiger partial charge is 0.458 e. The van der Waals surface area contributed by atoms with Gasteiger partial charge in [0.25, 0.3) is 5.85 Å². The number of ether oxygens (including phenoxy) is 5. The molecule has 37 heavy (non-hydrogen) atoms. The average molecular weight is 543 g/mol. The summed E-state index contributed by atoms with van der Waals surface area (Å²) in [5, 5.41) is 0. The van der Waals surface area contributed by atoms with Crippen molar-refractivity contribution in [2.45, 2.75) is 90.2 Å². The minimum atomic E-state index is -4.01. The van der Waals surface area contributed by atoms with Gasteiger partial charge in [-0.1, -0.05) is 0 Å². The first-order valence-electron chi connectivity index (χ1n) is 11.9. The zero-order chi connectivity index (χ0) is 27.3. The molecule has 206 valence electrons. The number of hydrogen-bond donors (Lipinski definition) is 0. The van der Waals surface area contributed by atoms with Crippen LogP contribution >= 0.6 is 7.60 Å². The van der Waals surface area contributed by atoms with E-state index in [-0.39, 0.29) is 6.61 Å². The lowest BCUT2D eigenvalue weighted by Crippen LogP contribution is -2.38. The molecule has 2 aliphatic heterocycles. The molecule has 2 aromatic heterocycles. The highest BCUT2D eigenvalue weighted by Gasteiger charge is 2.57. The number of carbonyl (C=O) groups excluding carboxylic acids is 1. The summed E-state index contributed by atoms with van der Waals surface area (Å²) in [4.78, 5) is 26.3. The fraction of sp³-hybridized carbons (Fsp3) is 0.739. The molecule has 0 spiro atoms. The Morgan fingerprint density at radius 2 is 1.81 bits per heavy atom. The number of esters is 1. The summed E-state index contributed by atoms with van der Waals surface area (Å²) >= 11 is 0. The molecule has 0 N–H and O–H groups in total. The van der Waals surface area contributed by atoms with E-state index in [1.54, 1.807) is 52.4 Å². The summed E-state index contributed by atoms with van der Waals surface area (Å²) in [6.45, 7) is 12.2. The van der Waals surface area contributed by atoms with Crippen LogP contribution in [0.25, 0.3) is 11.2 Å². The molecule has 2 aromatic rings. The number of aryl methyl sites for hydroxylation is 2. The fourth-order valence-electron chi connectivity index (χ4n) is 4.49. The summed E-state index contributed by atoms with van der Waals surface area (Å²) in [7, 11) is -1.65. The Balaban J connectivity index is 1.62. The van der Waals surface area contributed by atoms with Crippen LogP contribution in [0.5, 0.6) is 0 Å². The quantitative estimate of drug-likeness (QED) is 0.357. The fourth-order valence-corrected chi connectivity index (χ4v) is 5.60. The smallest absolute Gasteiger partial charge is 0.370 e. The molecular formula is C23H35N4O9P. The second-order valence-corrected chi connectivity index (χ2v) is 12.7. The summed E-state index contributed by atoms with van der Waals surface area (Å²) in [5.74, 6) is -2.81. The molecule has 0 aliphatic carbocycles. The van der Waals surface area contributed by atoms with Crippen LogP contribution in [0.15, 0.2) is 6.33 Å². The van der Waals surface area contributed by atoms with Crippen LogP contribution < -0.4 is 0 Å². The molecule has 0 amide bonds. The van der Waals surface area contributed by atoms with Gasteiger partial charge in [0.2, 0.25) is 0 Å². The third-order valence-electron chi connectivity index (χ3n) is 5.93. The Kier molecular flexibility index (Phi) is 7.54. The van der Waals surface area contributed by atoms with Crippen LogP contribution in [0, 0.1) is 13.8 Å². The highest BCUT2D eigenvalue weighted by atomic mass is 31.2. The molecule has 0 saturated carbocycles. The van der Waals surface area contributed by atoms with E-state index in [0.29, 0.717) is 17.0 Å².